The predicted octanol–water partition coefficient (Wildman–Crippen LogP) is 2.70. The summed E-state index contributed by atoms with van der Waals surface area (Å²) in [5.41, 5.74) is 2.46. The lowest BCUT2D eigenvalue weighted by atomic mass is 10.1. The van der Waals surface area contributed by atoms with Crippen molar-refractivity contribution in [3.8, 4) is 0 Å². The Balaban J connectivity index is 2.60. The second kappa shape index (κ2) is 10.0. The summed E-state index contributed by atoms with van der Waals surface area (Å²) in [6.07, 6.45) is 5.31. The van der Waals surface area contributed by atoms with Crippen LogP contribution in [0.5, 0.6) is 0 Å². The van der Waals surface area contributed by atoms with Crippen LogP contribution in [-0.4, -0.2) is 50.3 Å². The summed E-state index contributed by atoms with van der Waals surface area (Å²) in [4.78, 5) is 6.94. The van der Waals surface area contributed by atoms with Crippen LogP contribution in [0.4, 0.5) is 5.82 Å². The van der Waals surface area contributed by atoms with Crippen molar-refractivity contribution < 1.29 is 4.74 Å². The molecule has 0 fully saturated rings. The van der Waals surface area contributed by atoms with E-state index in [-0.39, 0.29) is 0 Å². The molecule has 1 aromatic heterocycles. The number of methoxy groups -OCH3 is 1. The van der Waals surface area contributed by atoms with Crippen molar-refractivity contribution in [3.63, 3.8) is 0 Å². The van der Waals surface area contributed by atoms with Gasteiger partial charge in [0.1, 0.15) is 5.82 Å². The van der Waals surface area contributed by atoms with Crippen molar-refractivity contribution >= 4 is 17.6 Å². The maximum atomic E-state index is 5.03. The number of hydrogen-bond acceptors (Lipinski definition) is 5. The van der Waals surface area contributed by atoms with E-state index in [2.05, 4.69) is 48.4 Å². The molecular weight excluding hydrogens is 282 g/mol. The second-order valence-corrected chi connectivity index (χ2v) is 6.38. The van der Waals surface area contributed by atoms with Gasteiger partial charge >= 0.3 is 0 Å². The SMILES string of the molecule is COCCNCc1cnc(N(C)C(C)CCSC)c(C)c1. The lowest BCUT2D eigenvalue weighted by Crippen LogP contribution is -2.30. The highest BCUT2D eigenvalue weighted by Crippen LogP contribution is 2.20. The van der Waals surface area contributed by atoms with E-state index in [0.29, 0.717) is 6.04 Å². The average Bonchev–Trinajstić information content (AvgIpc) is 2.48. The molecule has 0 saturated heterocycles. The number of aromatic nitrogens is 1. The van der Waals surface area contributed by atoms with Crippen LogP contribution in [-0.2, 0) is 11.3 Å². The van der Waals surface area contributed by atoms with Gasteiger partial charge in [-0.25, -0.2) is 4.98 Å². The molecule has 120 valence electrons. The standard InChI is InChI=1S/C16H29N3OS/c1-13-10-15(11-17-7-8-20-4)12-18-16(13)19(3)14(2)6-9-21-5/h10,12,14,17H,6-9,11H2,1-5H3. The molecule has 21 heavy (non-hydrogen) atoms. The van der Waals surface area contributed by atoms with Crippen molar-refractivity contribution in [2.24, 2.45) is 0 Å². The highest BCUT2D eigenvalue weighted by Gasteiger charge is 2.13. The number of aryl methyl sites for hydroxylation is 1. The third-order valence-electron chi connectivity index (χ3n) is 3.65. The van der Waals surface area contributed by atoms with Gasteiger partial charge < -0.3 is 15.0 Å². The number of hydrogen-bond donors (Lipinski definition) is 1. The number of nitrogens with zero attached hydrogens (tertiary/aromatic N) is 2. The van der Waals surface area contributed by atoms with E-state index in [1.54, 1.807) is 7.11 Å². The first-order valence-electron chi connectivity index (χ1n) is 7.47. The molecule has 0 aliphatic rings. The van der Waals surface area contributed by atoms with Crippen LogP contribution in [0.3, 0.4) is 0 Å². The van der Waals surface area contributed by atoms with Crippen LogP contribution in [0.25, 0.3) is 0 Å². The molecule has 0 saturated carbocycles. The van der Waals surface area contributed by atoms with Crippen molar-refractivity contribution in [3.05, 3.63) is 23.4 Å². The molecule has 0 aliphatic carbocycles. The monoisotopic (exact) mass is 311 g/mol. The molecule has 1 N–H and O–H groups in total. The van der Waals surface area contributed by atoms with E-state index in [9.17, 15) is 0 Å². The number of thioether (sulfide) groups is 1. The van der Waals surface area contributed by atoms with Gasteiger partial charge in [0.25, 0.3) is 0 Å². The van der Waals surface area contributed by atoms with Crippen molar-refractivity contribution in [2.45, 2.75) is 32.9 Å². The molecule has 5 heteroatoms. The lowest BCUT2D eigenvalue weighted by molar-refractivity contribution is 0.199. The lowest BCUT2D eigenvalue weighted by Gasteiger charge is -2.27. The second-order valence-electron chi connectivity index (χ2n) is 5.40. The van der Waals surface area contributed by atoms with Gasteiger partial charge in [0.2, 0.25) is 0 Å². The number of pyridine rings is 1. The Labute approximate surface area is 133 Å². The van der Waals surface area contributed by atoms with E-state index in [0.717, 1.165) is 25.5 Å². The number of rotatable bonds is 10. The van der Waals surface area contributed by atoms with Gasteiger partial charge in [-0.3, -0.25) is 0 Å². The molecule has 1 heterocycles. The fraction of sp³-hybridized carbons (Fsp3) is 0.688. The number of anilines is 1. The number of ether oxygens (including phenoxy) is 1. The minimum Gasteiger partial charge on any atom is -0.383 e. The molecule has 0 spiro atoms. The zero-order valence-electron chi connectivity index (χ0n) is 14.0. The van der Waals surface area contributed by atoms with Gasteiger partial charge in [-0.05, 0) is 49.5 Å². The molecule has 0 aliphatic heterocycles. The minimum absolute atomic E-state index is 0.509. The summed E-state index contributed by atoms with van der Waals surface area (Å²) in [5.74, 6) is 2.27. The quantitative estimate of drug-likeness (QED) is 0.673. The summed E-state index contributed by atoms with van der Waals surface area (Å²) < 4.78 is 5.03. The van der Waals surface area contributed by atoms with Crippen LogP contribution < -0.4 is 10.2 Å². The van der Waals surface area contributed by atoms with Crippen LogP contribution >= 0.6 is 11.8 Å². The van der Waals surface area contributed by atoms with Gasteiger partial charge in [-0.1, -0.05) is 0 Å². The zero-order valence-corrected chi connectivity index (χ0v) is 14.8. The van der Waals surface area contributed by atoms with Crippen molar-refractivity contribution in [1.29, 1.82) is 0 Å². The summed E-state index contributed by atoms with van der Waals surface area (Å²) in [5, 5.41) is 3.35. The van der Waals surface area contributed by atoms with Crippen LogP contribution in [0.1, 0.15) is 24.5 Å². The first kappa shape index (κ1) is 18.3. The summed E-state index contributed by atoms with van der Waals surface area (Å²) >= 11 is 1.90. The molecule has 1 atom stereocenters. The van der Waals surface area contributed by atoms with Crippen LogP contribution in [0, 0.1) is 6.92 Å². The molecular formula is C16H29N3OS. The maximum Gasteiger partial charge on any atom is 0.131 e. The van der Waals surface area contributed by atoms with Crippen LogP contribution in [0.2, 0.25) is 0 Å². The Kier molecular flexibility index (Phi) is 8.73. The first-order chi connectivity index (χ1) is 10.1. The normalized spacial score (nSPS) is 12.4. The molecule has 1 aromatic rings. The smallest absolute Gasteiger partial charge is 0.131 e. The summed E-state index contributed by atoms with van der Waals surface area (Å²) in [6, 6.07) is 2.73. The topological polar surface area (TPSA) is 37.4 Å². The summed E-state index contributed by atoms with van der Waals surface area (Å²) in [6.45, 7) is 6.84. The Morgan fingerprint density at radius 3 is 2.86 bits per heavy atom. The molecule has 1 rings (SSSR count). The molecule has 1 unspecified atom stereocenters. The highest BCUT2D eigenvalue weighted by molar-refractivity contribution is 7.98. The predicted molar refractivity (Wildman–Crippen MR) is 93.4 cm³/mol. The molecule has 4 nitrogen and oxygen atoms in total. The van der Waals surface area contributed by atoms with Gasteiger partial charge in [-0.15, -0.1) is 0 Å². The van der Waals surface area contributed by atoms with E-state index in [1.807, 2.05) is 18.0 Å². The highest BCUT2D eigenvalue weighted by atomic mass is 32.2. The fourth-order valence-electron chi connectivity index (χ4n) is 2.19. The number of nitrogens with one attached hydrogen (secondary N) is 1. The zero-order chi connectivity index (χ0) is 15.7. The Morgan fingerprint density at radius 1 is 1.48 bits per heavy atom. The third-order valence-corrected chi connectivity index (χ3v) is 4.30. The largest absolute Gasteiger partial charge is 0.383 e. The van der Waals surface area contributed by atoms with E-state index in [4.69, 9.17) is 4.74 Å². The fourth-order valence-corrected chi connectivity index (χ4v) is 2.77. The first-order valence-corrected chi connectivity index (χ1v) is 8.86. The van der Waals surface area contributed by atoms with E-state index in [1.165, 1.54) is 23.3 Å². The Morgan fingerprint density at radius 2 is 2.24 bits per heavy atom. The van der Waals surface area contributed by atoms with Crippen molar-refractivity contribution in [2.75, 3.05) is 44.2 Å². The van der Waals surface area contributed by atoms with Gasteiger partial charge in [-0.2, -0.15) is 11.8 Å². The van der Waals surface area contributed by atoms with E-state index >= 15 is 0 Å². The van der Waals surface area contributed by atoms with Gasteiger partial charge in [0.05, 0.1) is 6.61 Å². The van der Waals surface area contributed by atoms with Gasteiger partial charge in [0, 0.05) is 39.5 Å². The molecule has 0 bridgehead atoms. The average molecular weight is 311 g/mol. The molecule has 0 radical (unpaired) electrons. The molecule has 0 amide bonds. The van der Waals surface area contributed by atoms with E-state index < -0.39 is 0 Å². The summed E-state index contributed by atoms with van der Waals surface area (Å²) in [7, 11) is 3.85. The minimum atomic E-state index is 0.509. The Hall–Kier alpha value is -0.780. The Bertz CT molecular complexity index is 415. The molecule has 0 aromatic carbocycles. The van der Waals surface area contributed by atoms with Crippen molar-refractivity contribution in [1.82, 2.24) is 10.3 Å². The maximum absolute atomic E-state index is 5.03. The van der Waals surface area contributed by atoms with Crippen LogP contribution in [0.15, 0.2) is 12.3 Å². The van der Waals surface area contributed by atoms with Gasteiger partial charge in [0.15, 0.2) is 0 Å². The third kappa shape index (κ3) is 6.24.